The van der Waals surface area contributed by atoms with Crippen molar-refractivity contribution in [2.75, 3.05) is 17.6 Å². The number of hydrogen-bond donors (Lipinski definition) is 2. The summed E-state index contributed by atoms with van der Waals surface area (Å²) < 4.78 is 23.8. The van der Waals surface area contributed by atoms with E-state index in [-0.39, 0.29) is 35.6 Å². The van der Waals surface area contributed by atoms with Gasteiger partial charge < -0.3 is 34.5 Å². The number of hydrogen-bond acceptors (Lipinski definition) is 11. The predicted molar refractivity (Wildman–Crippen MR) is 241 cm³/mol. The van der Waals surface area contributed by atoms with Gasteiger partial charge in [-0.25, -0.2) is 14.4 Å². The number of aromatic nitrogens is 1. The van der Waals surface area contributed by atoms with Crippen molar-refractivity contribution in [2.45, 2.75) is 89.8 Å². The molecule has 1 aromatic heterocycles. The third kappa shape index (κ3) is 11.8. The second-order valence-corrected chi connectivity index (χ2v) is 18.8. The van der Waals surface area contributed by atoms with Gasteiger partial charge in [0.1, 0.15) is 34.1 Å². The van der Waals surface area contributed by atoms with Crippen LogP contribution in [-0.2, 0) is 46.5 Å². The van der Waals surface area contributed by atoms with E-state index in [1.807, 2.05) is 72.8 Å². The number of benzene rings is 3. The largest absolute Gasteiger partial charge is 0.514 e. The molecule has 15 nitrogen and oxygen atoms in total. The predicted octanol–water partition coefficient (Wildman–Crippen LogP) is 6.98. The number of ether oxygens (including phenoxy) is 4. The lowest BCUT2D eigenvalue weighted by Gasteiger charge is -2.49. The summed E-state index contributed by atoms with van der Waals surface area (Å²) in [5.41, 5.74) is 2.34. The van der Waals surface area contributed by atoms with Gasteiger partial charge in [-0.1, -0.05) is 60.7 Å². The van der Waals surface area contributed by atoms with E-state index in [0.29, 0.717) is 36.3 Å². The van der Waals surface area contributed by atoms with Gasteiger partial charge >= 0.3 is 18.2 Å². The number of thioether (sulfide) groups is 1. The van der Waals surface area contributed by atoms with Gasteiger partial charge in [0.2, 0.25) is 12.5 Å². The van der Waals surface area contributed by atoms with Gasteiger partial charge in [-0.05, 0) is 101 Å². The van der Waals surface area contributed by atoms with Crippen LogP contribution in [0.1, 0.15) is 70.8 Å². The molecule has 0 saturated carbocycles. The van der Waals surface area contributed by atoms with Crippen molar-refractivity contribution in [3.8, 4) is 5.75 Å². The Kier molecular flexibility index (Phi) is 13.8. The standard InChI is InChI=1S/C49H51N5O10S/c1-48(2,3)63-46(59)51-39-43(57)54-40(45(58)62-41(32-13-9-7-10-14-32)33-15-11-8-12-16-33)35(30-65-44(39)54)27-34-23-26-53(42(34)56)28-31-21-24-52(25-22-31)29-38(55)50-36-17-19-37(20-18-36)61-47(60)64-49(4,5)6/h7-22,24-25,27,39,41,44H,23,26,28-30H2,1-6H3,(H-,50,51,55,59)/p+1. The number of carbonyl (C=O) groups is 6. The number of β-lactam (4-membered cyclic amide) rings is 1. The van der Waals surface area contributed by atoms with Crippen LogP contribution in [0.4, 0.5) is 15.3 Å². The Balaban J connectivity index is 1.03. The lowest BCUT2D eigenvalue weighted by molar-refractivity contribution is -0.684. The molecule has 0 bridgehead atoms. The van der Waals surface area contributed by atoms with Gasteiger partial charge in [0.15, 0.2) is 18.5 Å². The maximum Gasteiger partial charge on any atom is 0.514 e. The molecule has 4 amide bonds. The molecular weight excluding hydrogens is 851 g/mol. The molecule has 4 heterocycles. The van der Waals surface area contributed by atoms with E-state index in [9.17, 15) is 28.8 Å². The zero-order valence-corrected chi connectivity index (χ0v) is 37.9. The molecular formula is C49H52N5O10S+. The van der Waals surface area contributed by atoms with Crippen LogP contribution < -0.4 is 19.9 Å². The minimum absolute atomic E-state index is 0.0254. The van der Waals surface area contributed by atoms with Crippen molar-refractivity contribution < 1.29 is 52.3 Å². The van der Waals surface area contributed by atoms with Crippen molar-refractivity contribution in [3.63, 3.8) is 0 Å². The highest BCUT2D eigenvalue weighted by molar-refractivity contribution is 8.00. The Morgan fingerprint density at radius 3 is 2.05 bits per heavy atom. The summed E-state index contributed by atoms with van der Waals surface area (Å²) in [5.74, 6) is -1.17. The number of fused-ring (bicyclic) bond motifs is 1. The fourth-order valence-corrected chi connectivity index (χ4v) is 8.65. The van der Waals surface area contributed by atoms with Crippen LogP contribution in [0.25, 0.3) is 0 Å². The van der Waals surface area contributed by atoms with E-state index in [1.54, 1.807) is 93.7 Å². The van der Waals surface area contributed by atoms with Crippen LogP contribution in [-0.4, -0.2) is 80.7 Å². The second-order valence-electron chi connectivity index (χ2n) is 17.7. The SMILES string of the molecule is CC(C)(C)OC(=O)NC1C(=O)N2C(C(=O)OC(c3ccccc3)c3ccccc3)=C(C=C3CCN(Cc4cc[n+](CC(=O)Nc5ccc(OC(=O)OC(C)(C)C)cc5)cc4)C3=O)CSC12. The molecule has 65 heavy (non-hydrogen) atoms. The number of anilines is 1. The molecule has 338 valence electrons. The van der Waals surface area contributed by atoms with Crippen molar-refractivity contribution in [3.05, 3.63) is 149 Å². The highest BCUT2D eigenvalue weighted by Gasteiger charge is 2.55. The quantitative estimate of drug-likeness (QED) is 0.0375. The number of alkyl carbamates (subject to hydrolysis) is 1. The Morgan fingerprint density at radius 2 is 1.45 bits per heavy atom. The minimum atomic E-state index is -0.931. The van der Waals surface area contributed by atoms with E-state index in [4.69, 9.17) is 18.9 Å². The zero-order valence-electron chi connectivity index (χ0n) is 37.1. The molecule has 2 unspecified atom stereocenters. The summed E-state index contributed by atoms with van der Waals surface area (Å²) in [5, 5.41) is 4.89. The van der Waals surface area contributed by atoms with Gasteiger partial charge in [-0.2, -0.15) is 4.57 Å². The van der Waals surface area contributed by atoms with E-state index >= 15 is 0 Å². The molecule has 0 aliphatic carbocycles. The summed E-state index contributed by atoms with van der Waals surface area (Å²) in [7, 11) is 0. The lowest BCUT2D eigenvalue weighted by atomic mass is 10.00. The number of allylic oxidation sites excluding steroid dienone is 1. The van der Waals surface area contributed by atoms with Crippen molar-refractivity contribution in [1.82, 2.24) is 15.1 Å². The number of carbonyl (C=O) groups excluding carboxylic acids is 6. The van der Waals surface area contributed by atoms with Crippen LogP contribution in [0.3, 0.4) is 0 Å². The average molecular weight is 903 g/mol. The maximum atomic E-state index is 14.5. The van der Waals surface area contributed by atoms with Crippen molar-refractivity contribution in [2.24, 2.45) is 0 Å². The van der Waals surface area contributed by atoms with Gasteiger partial charge in [0, 0.05) is 42.2 Å². The summed E-state index contributed by atoms with van der Waals surface area (Å²) in [6.45, 7) is 11.2. The molecule has 0 radical (unpaired) electrons. The number of likely N-dealkylation sites (tertiary alicyclic amines) is 1. The van der Waals surface area contributed by atoms with Gasteiger partial charge in [0.05, 0.1) is 0 Å². The van der Waals surface area contributed by atoms with Crippen LogP contribution in [0.2, 0.25) is 0 Å². The molecule has 3 aromatic carbocycles. The minimum Gasteiger partial charge on any atom is -0.448 e. The number of pyridine rings is 1. The molecule has 16 heteroatoms. The molecule has 4 aromatic rings. The molecule has 7 rings (SSSR count). The summed E-state index contributed by atoms with van der Waals surface area (Å²) >= 11 is 1.37. The number of amides is 4. The second kappa shape index (κ2) is 19.4. The third-order valence-corrected chi connectivity index (χ3v) is 11.5. The fourth-order valence-electron chi connectivity index (χ4n) is 7.35. The first-order valence-electron chi connectivity index (χ1n) is 21.2. The van der Waals surface area contributed by atoms with Crippen LogP contribution in [0.5, 0.6) is 5.75 Å². The van der Waals surface area contributed by atoms with Gasteiger partial charge in [-0.15, -0.1) is 11.8 Å². The smallest absolute Gasteiger partial charge is 0.448 e. The molecule has 2 fully saturated rings. The van der Waals surface area contributed by atoms with Gasteiger partial charge in [0.25, 0.3) is 11.8 Å². The van der Waals surface area contributed by atoms with Crippen molar-refractivity contribution >= 4 is 53.4 Å². The van der Waals surface area contributed by atoms with Crippen LogP contribution >= 0.6 is 11.8 Å². The zero-order chi connectivity index (χ0) is 46.5. The van der Waals surface area contributed by atoms with Gasteiger partial charge in [-0.3, -0.25) is 19.3 Å². The van der Waals surface area contributed by atoms with E-state index in [2.05, 4.69) is 10.6 Å². The number of nitrogens with zero attached hydrogens (tertiary/aromatic N) is 3. The van der Waals surface area contributed by atoms with E-state index in [1.165, 1.54) is 16.7 Å². The fraction of sp³-hybridized carbons (Fsp3) is 0.327. The summed E-state index contributed by atoms with van der Waals surface area (Å²) in [4.78, 5) is 82.8. The first-order valence-corrected chi connectivity index (χ1v) is 22.2. The first kappa shape index (κ1) is 46.1. The highest BCUT2D eigenvalue weighted by atomic mass is 32.2. The maximum absolute atomic E-state index is 14.5. The lowest BCUT2D eigenvalue weighted by Crippen LogP contribution is -2.70. The first-order chi connectivity index (χ1) is 30.9. The number of rotatable bonds is 12. The topological polar surface area (TPSA) is 174 Å². The molecule has 0 spiro atoms. The Morgan fingerprint density at radius 1 is 0.831 bits per heavy atom. The van der Waals surface area contributed by atoms with Crippen molar-refractivity contribution in [1.29, 1.82) is 0 Å². The summed E-state index contributed by atoms with van der Waals surface area (Å²) in [6.07, 6.45) is 3.27. The highest BCUT2D eigenvalue weighted by Crippen LogP contribution is 2.43. The molecule has 3 aliphatic heterocycles. The normalized spacial score (nSPS) is 17.9. The molecule has 2 N–H and O–H groups in total. The molecule has 2 atom stereocenters. The third-order valence-electron chi connectivity index (χ3n) is 10.2. The number of nitrogens with one attached hydrogen (secondary N) is 2. The molecule has 2 saturated heterocycles. The molecule has 3 aliphatic rings. The Labute approximate surface area is 381 Å². The summed E-state index contributed by atoms with van der Waals surface area (Å²) in [6, 6.07) is 27.7. The Bertz CT molecular complexity index is 2460. The van der Waals surface area contributed by atoms with Crippen LogP contribution in [0, 0.1) is 0 Å². The van der Waals surface area contributed by atoms with Crippen LogP contribution in [0.15, 0.2) is 132 Å². The average Bonchev–Trinajstić information content (AvgIpc) is 3.59. The number of esters is 1. The van der Waals surface area contributed by atoms with E-state index < -0.39 is 52.8 Å². The monoisotopic (exact) mass is 902 g/mol. The van der Waals surface area contributed by atoms with E-state index in [0.717, 1.165) is 16.7 Å². The Hall–Kier alpha value is -6.94.